The Morgan fingerprint density at radius 1 is 1.35 bits per heavy atom. The summed E-state index contributed by atoms with van der Waals surface area (Å²) in [5.41, 5.74) is 2.70. The van der Waals surface area contributed by atoms with Gasteiger partial charge in [0.15, 0.2) is 5.69 Å². The third kappa shape index (κ3) is 3.06. The highest BCUT2D eigenvalue weighted by Crippen LogP contribution is 2.35. The molecule has 1 heterocycles. The van der Waals surface area contributed by atoms with E-state index < -0.39 is 0 Å². The van der Waals surface area contributed by atoms with Crippen LogP contribution in [0, 0.1) is 6.57 Å². The minimum absolute atomic E-state index is 0.00330. The number of hydrogen-bond acceptors (Lipinski definition) is 2. The number of rotatable bonds is 3. The Hall–Kier alpha value is -2.02. The zero-order valence-corrected chi connectivity index (χ0v) is 14.3. The molecule has 4 nitrogen and oxygen atoms in total. The van der Waals surface area contributed by atoms with Crippen LogP contribution in [-0.2, 0) is 11.2 Å². The molecule has 0 radical (unpaired) electrons. The van der Waals surface area contributed by atoms with Crippen molar-refractivity contribution in [2.75, 3.05) is 6.61 Å². The zero-order valence-electron chi connectivity index (χ0n) is 14.3. The number of benzene rings is 1. The molecule has 0 atom stereocenters. The van der Waals surface area contributed by atoms with E-state index >= 15 is 0 Å². The first-order valence-corrected chi connectivity index (χ1v) is 8.56. The summed E-state index contributed by atoms with van der Waals surface area (Å²) in [6.07, 6.45) is 5.91. The van der Waals surface area contributed by atoms with E-state index in [0.29, 0.717) is 18.3 Å². The lowest BCUT2D eigenvalue weighted by molar-refractivity contribution is 0.180. The summed E-state index contributed by atoms with van der Waals surface area (Å²) in [4.78, 5) is 10.7. The lowest BCUT2D eigenvalue weighted by atomic mass is 10.0. The Balaban J connectivity index is 1.96. The van der Waals surface area contributed by atoms with Crippen LogP contribution in [0.5, 0.6) is 0 Å². The van der Waals surface area contributed by atoms with Crippen molar-refractivity contribution < 1.29 is 4.74 Å². The molecular weight excluding hydrogens is 286 g/mol. The molecule has 1 aromatic rings. The van der Waals surface area contributed by atoms with E-state index in [2.05, 4.69) is 30.5 Å². The summed E-state index contributed by atoms with van der Waals surface area (Å²) >= 11 is 0. The average molecular weight is 311 g/mol. The largest absolute Gasteiger partial charge is 0.462 e. The van der Waals surface area contributed by atoms with E-state index in [-0.39, 0.29) is 5.54 Å². The van der Waals surface area contributed by atoms with E-state index in [9.17, 15) is 0 Å². The molecule has 0 spiro atoms. The number of nitrogens with zero attached hydrogens (tertiary/aromatic N) is 3. The van der Waals surface area contributed by atoms with Crippen LogP contribution in [0.4, 0.5) is 11.4 Å². The Morgan fingerprint density at radius 2 is 2.09 bits per heavy atom. The maximum absolute atomic E-state index is 7.16. The highest BCUT2D eigenvalue weighted by molar-refractivity contribution is 5.81. The van der Waals surface area contributed by atoms with Gasteiger partial charge in [0, 0.05) is 6.04 Å². The Morgan fingerprint density at radius 3 is 2.74 bits per heavy atom. The number of hydrogen-bond donors (Lipinski definition) is 0. The third-order valence-electron chi connectivity index (χ3n) is 4.89. The van der Waals surface area contributed by atoms with Gasteiger partial charge in [0.1, 0.15) is 6.61 Å². The van der Waals surface area contributed by atoms with Crippen LogP contribution in [0.25, 0.3) is 4.85 Å². The van der Waals surface area contributed by atoms with Gasteiger partial charge in [-0.05, 0) is 44.7 Å². The SMILES string of the molecule is [C-]#[N+]c1ccc(N=C2OCC(C)(C)N2C2CCCC2)c(CC)c1. The molecule has 23 heavy (non-hydrogen) atoms. The van der Waals surface area contributed by atoms with Gasteiger partial charge < -0.3 is 9.64 Å². The van der Waals surface area contributed by atoms with E-state index in [0.717, 1.165) is 23.7 Å². The normalized spacial score (nSPS) is 22.3. The molecule has 4 heteroatoms. The average Bonchev–Trinajstić information content (AvgIpc) is 3.15. The summed E-state index contributed by atoms with van der Waals surface area (Å²) in [5.74, 6) is 0. The van der Waals surface area contributed by atoms with E-state index in [1.165, 1.54) is 25.7 Å². The second-order valence-electron chi connectivity index (χ2n) is 7.08. The summed E-state index contributed by atoms with van der Waals surface area (Å²) in [5, 5.41) is 0. The molecular formula is C19H25N3O. The third-order valence-corrected chi connectivity index (χ3v) is 4.89. The van der Waals surface area contributed by atoms with Gasteiger partial charge in [-0.15, -0.1) is 0 Å². The molecule has 0 aromatic heterocycles. The molecule has 0 unspecified atom stereocenters. The van der Waals surface area contributed by atoms with E-state index in [1.807, 2.05) is 18.2 Å². The van der Waals surface area contributed by atoms with Gasteiger partial charge in [-0.25, -0.2) is 4.85 Å². The second kappa shape index (κ2) is 6.23. The topological polar surface area (TPSA) is 29.2 Å². The summed E-state index contributed by atoms with van der Waals surface area (Å²) in [7, 11) is 0. The lowest BCUT2D eigenvalue weighted by Crippen LogP contribution is -2.47. The van der Waals surface area contributed by atoms with Crippen LogP contribution in [-0.4, -0.2) is 29.1 Å². The quantitative estimate of drug-likeness (QED) is 0.747. The van der Waals surface area contributed by atoms with Crippen molar-refractivity contribution in [1.29, 1.82) is 0 Å². The van der Waals surface area contributed by atoms with Crippen molar-refractivity contribution in [2.45, 2.75) is 64.5 Å². The van der Waals surface area contributed by atoms with Gasteiger partial charge in [0.05, 0.1) is 17.8 Å². The highest BCUT2D eigenvalue weighted by Gasteiger charge is 2.43. The van der Waals surface area contributed by atoms with E-state index in [4.69, 9.17) is 16.3 Å². The van der Waals surface area contributed by atoms with Gasteiger partial charge in [-0.2, -0.15) is 4.99 Å². The van der Waals surface area contributed by atoms with Crippen molar-refractivity contribution >= 4 is 17.4 Å². The fourth-order valence-electron chi connectivity index (χ4n) is 3.67. The van der Waals surface area contributed by atoms with Crippen molar-refractivity contribution in [3.8, 4) is 0 Å². The highest BCUT2D eigenvalue weighted by atomic mass is 16.5. The molecule has 1 aromatic carbocycles. The maximum Gasteiger partial charge on any atom is 0.293 e. The van der Waals surface area contributed by atoms with Crippen LogP contribution in [0.15, 0.2) is 23.2 Å². The van der Waals surface area contributed by atoms with Gasteiger partial charge >= 0.3 is 0 Å². The first-order chi connectivity index (χ1) is 11.0. The zero-order chi connectivity index (χ0) is 16.4. The van der Waals surface area contributed by atoms with Crippen LogP contribution in [0.2, 0.25) is 0 Å². The molecule has 0 bridgehead atoms. The van der Waals surface area contributed by atoms with Crippen molar-refractivity contribution in [3.63, 3.8) is 0 Å². The smallest absolute Gasteiger partial charge is 0.293 e. The first kappa shape index (κ1) is 15.9. The molecule has 1 saturated heterocycles. The Kier molecular flexibility index (Phi) is 4.30. The minimum Gasteiger partial charge on any atom is -0.462 e. The predicted molar refractivity (Wildman–Crippen MR) is 93.3 cm³/mol. The summed E-state index contributed by atoms with van der Waals surface area (Å²) < 4.78 is 5.97. The van der Waals surface area contributed by atoms with Gasteiger partial charge in [-0.3, -0.25) is 0 Å². The van der Waals surface area contributed by atoms with Gasteiger partial charge in [-0.1, -0.05) is 31.9 Å². The van der Waals surface area contributed by atoms with E-state index in [1.54, 1.807) is 0 Å². The van der Waals surface area contributed by atoms with Crippen molar-refractivity contribution in [2.24, 2.45) is 4.99 Å². The molecule has 1 aliphatic heterocycles. The van der Waals surface area contributed by atoms with Crippen molar-refractivity contribution in [3.05, 3.63) is 35.2 Å². The van der Waals surface area contributed by atoms with Crippen molar-refractivity contribution in [1.82, 2.24) is 4.90 Å². The summed E-state index contributed by atoms with van der Waals surface area (Å²) in [6, 6.07) is 7.02. The van der Waals surface area contributed by atoms with Gasteiger partial charge in [0.2, 0.25) is 0 Å². The monoisotopic (exact) mass is 311 g/mol. The lowest BCUT2D eigenvalue weighted by Gasteiger charge is -2.35. The van der Waals surface area contributed by atoms with Crippen LogP contribution < -0.4 is 0 Å². The Labute approximate surface area is 139 Å². The number of aryl methyl sites for hydroxylation is 1. The predicted octanol–water partition coefficient (Wildman–Crippen LogP) is 4.84. The maximum atomic E-state index is 7.16. The minimum atomic E-state index is -0.00330. The standard InChI is InChI=1S/C19H25N3O/c1-5-14-12-15(20-4)10-11-17(14)21-18-22(16-8-6-7-9-16)19(2,3)13-23-18/h10-12,16H,5-9,13H2,1-3H3. The molecule has 1 saturated carbocycles. The Bertz CT molecular complexity index is 651. The van der Waals surface area contributed by atoms with Crippen LogP contribution in [0.1, 0.15) is 52.0 Å². The van der Waals surface area contributed by atoms with Crippen LogP contribution in [0.3, 0.4) is 0 Å². The molecule has 3 rings (SSSR count). The molecule has 2 fully saturated rings. The molecule has 122 valence electrons. The molecule has 0 amide bonds. The molecule has 0 N–H and O–H groups in total. The number of ether oxygens (including phenoxy) is 1. The first-order valence-electron chi connectivity index (χ1n) is 8.56. The number of aliphatic imine (C=N–C) groups is 1. The number of amidine groups is 1. The fraction of sp³-hybridized carbons (Fsp3) is 0.579. The molecule has 1 aliphatic carbocycles. The van der Waals surface area contributed by atoms with Crippen LogP contribution >= 0.6 is 0 Å². The second-order valence-corrected chi connectivity index (χ2v) is 7.08. The summed E-state index contributed by atoms with van der Waals surface area (Å²) in [6.45, 7) is 14.4. The fourth-order valence-corrected chi connectivity index (χ4v) is 3.67. The van der Waals surface area contributed by atoms with Gasteiger partial charge in [0.25, 0.3) is 6.02 Å². The molecule has 2 aliphatic rings.